The van der Waals surface area contributed by atoms with Gasteiger partial charge in [0, 0.05) is 7.11 Å². The number of ketones is 1. The molecule has 28 heavy (non-hydrogen) atoms. The maximum Gasteiger partial charge on any atom is 0.319 e. The molecule has 2 saturated carbocycles. The predicted molar refractivity (Wildman–Crippen MR) is 109 cm³/mol. The van der Waals surface area contributed by atoms with Crippen LogP contribution >= 0.6 is 0 Å². The van der Waals surface area contributed by atoms with Gasteiger partial charge in [0.1, 0.15) is 12.2 Å². The molecular weight excluding hydrogens is 356 g/mol. The molecule has 1 unspecified atom stereocenters. The number of carbonyl (C=O) groups is 2. The SMILES string of the molecule is COCOC[C@]12CCC[C@@](C)(CCC=C(C)C)[C@@H]1CCC(C)(C(=O)OC)C2=O. The lowest BCUT2D eigenvalue weighted by Crippen LogP contribution is -2.61. The number of fused-ring (bicyclic) bond motifs is 1. The summed E-state index contributed by atoms with van der Waals surface area (Å²) >= 11 is 0. The number of ether oxygens (including phenoxy) is 3. The van der Waals surface area contributed by atoms with Crippen LogP contribution < -0.4 is 0 Å². The van der Waals surface area contributed by atoms with Crippen molar-refractivity contribution in [2.45, 2.75) is 72.6 Å². The van der Waals surface area contributed by atoms with Crippen LogP contribution in [0.15, 0.2) is 11.6 Å². The van der Waals surface area contributed by atoms with Crippen LogP contribution in [0.4, 0.5) is 0 Å². The highest BCUT2D eigenvalue weighted by Gasteiger charge is 2.63. The Labute approximate surface area is 170 Å². The van der Waals surface area contributed by atoms with Crippen LogP contribution in [-0.2, 0) is 23.8 Å². The molecule has 2 fully saturated rings. The van der Waals surface area contributed by atoms with Crippen molar-refractivity contribution in [2.75, 3.05) is 27.6 Å². The summed E-state index contributed by atoms with van der Waals surface area (Å²) in [5.74, 6) is -0.201. The van der Waals surface area contributed by atoms with E-state index in [1.54, 1.807) is 14.0 Å². The summed E-state index contributed by atoms with van der Waals surface area (Å²) in [7, 11) is 2.95. The Morgan fingerprint density at radius 3 is 2.50 bits per heavy atom. The number of rotatable bonds is 8. The Kier molecular flexibility index (Phi) is 7.49. The van der Waals surface area contributed by atoms with E-state index in [-0.39, 0.29) is 23.9 Å². The summed E-state index contributed by atoms with van der Waals surface area (Å²) in [5, 5.41) is 0. The fourth-order valence-electron chi connectivity index (χ4n) is 5.77. The van der Waals surface area contributed by atoms with Gasteiger partial charge in [-0.1, -0.05) is 25.0 Å². The van der Waals surface area contributed by atoms with Crippen LogP contribution in [0.1, 0.15) is 72.6 Å². The van der Waals surface area contributed by atoms with Crippen molar-refractivity contribution in [3.63, 3.8) is 0 Å². The van der Waals surface area contributed by atoms with E-state index < -0.39 is 16.8 Å². The van der Waals surface area contributed by atoms with E-state index in [1.165, 1.54) is 12.7 Å². The molecular formula is C23H38O5. The van der Waals surface area contributed by atoms with Crippen LogP contribution in [0.2, 0.25) is 0 Å². The maximum atomic E-state index is 13.8. The molecule has 0 aromatic heterocycles. The molecule has 0 saturated heterocycles. The standard InChI is InChI=1S/C23H38O5/c1-17(2)9-7-11-21(3)12-8-13-23(15-28-16-26-5)18(21)10-14-22(4,19(23)24)20(25)27-6/h9,18H,7-8,10-16H2,1-6H3/t18-,21+,22?,23+/m0/s1. The average Bonchev–Trinajstić information content (AvgIpc) is 2.64. The van der Waals surface area contributed by atoms with Crippen LogP contribution in [-0.4, -0.2) is 39.4 Å². The fourth-order valence-corrected chi connectivity index (χ4v) is 5.77. The van der Waals surface area contributed by atoms with E-state index in [0.717, 1.165) is 38.5 Å². The Morgan fingerprint density at radius 2 is 1.89 bits per heavy atom. The van der Waals surface area contributed by atoms with Gasteiger partial charge in [-0.15, -0.1) is 0 Å². The molecule has 0 heterocycles. The largest absolute Gasteiger partial charge is 0.468 e. The third kappa shape index (κ3) is 4.20. The van der Waals surface area contributed by atoms with Crippen LogP contribution in [0.25, 0.3) is 0 Å². The minimum Gasteiger partial charge on any atom is -0.468 e. The molecule has 2 aliphatic carbocycles. The number of allylic oxidation sites excluding steroid dienone is 2. The quantitative estimate of drug-likeness (QED) is 0.196. The first kappa shape index (κ1) is 23.1. The van der Waals surface area contributed by atoms with Gasteiger partial charge in [-0.2, -0.15) is 0 Å². The molecule has 0 radical (unpaired) electrons. The third-order valence-electron chi connectivity index (χ3n) is 7.23. The first-order valence-electron chi connectivity index (χ1n) is 10.5. The van der Waals surface area contributed by atoms with Crippen LogP contribution in [0.3, 0.4) is 0 Å². The van der Waals surface area contributed by atoms with Crippen LogP contribution in [0.5, 0.6) is 0 Å². The zero-order valence-electron chi connectivity index (χ0n) is 18.6. The highest BCUT2D eigenvalue weighted by molar-refractivity contribution is 6.07. The Bertz CT molecular complexity index is 608. The molecule has 160 valence electrons. The molecule has 0 aromatic rings. The normalized spacial score (nSPS) is 35.2. The van der Waals surface area contributed by atoms with E-state index in [0.29, 0.717) is 13.0 Å². The van der Waals surface area contributed by atoms with Gasteiger partial charge in [0.25, 0.3) is 0 Å². The third-order valence-corrected chi connectivity index (χ3v) is 7.23. The minimum atomic E-state index is -1.08. The summed E-state index contributed by atoms with van der Waals surface area (Å²) in [6.45, 7) is 8.80. The van der Waals surface area contributed by atoms with Crippen molar-refractivity contribution >= 4 is 11.8 Å². The minimum absolute atomic E-state index is 0.00680. The molecule has 0 aromatic carbocycles. The van der Waals surface area contributed by atoms with E-state index in [9.17, 15) is 9.59 Å². The zero-order valence-corrected chi connectivity index (χ0v) is 18.6. The number of esters is 1. The zero-order chi connectivity index (χ0) is 21.0. The van der Waals surface area contributed by atoms with E-state index in [1.807, 2.05) is 0 Å². The number of hydrogen-bond donors (Lipinski definition) is 0. The molecule has 0 spiro atoms. The molecule has 0 aliphatic heterocycles. The second-order valence-corrected chi connectivity index (χ2v) is 9.48. The van der Waals surface area contributed by atoms with E-state index in [2.05, 4.69) is 26.8 Å². The average molecular weight is 395 g/mol. The Hall–Kier alpha value is -1.20. The number of Topliss-reactive ketones (excluding diaryl/α,β-unsaturated/α-hetero) is 1. The second-order valence-electron chi connectivity index (χ2n) is 9.48. The molecule has 0 amide bonds. The first-order chi connectivity index (χ1) is 13.2. The highest BCUT2D eigenvalue weighted by atomic mass is 16.7. The summed E-state index contributed by atoms with van der Waals surface area (Å²) in [6, 6.07) is 0. The van der Waals surface area contributed by atoms with Gasteiger partial charge in [-0.25, -0.2) is 0 Å². The summed E-state index contributed by atoms with van der Waals surface area (Å²) < 4.78 is 15.9. The number of carbonyl (C=O) groups excluding carboxylic acids is 2. The monoisotopic (exact) mass is 394 g/mol. The first-order valence-corrected chi connectivity index (χ1v) is 10.5. The Balaban J connectivity index is 2.39. The molecule has 0 N–H and O–H groups in total. The van der Waals surface area contributed by atoms with Crippen molar-refractivity contribution < 1.29 is 23.8 Å². The predicted octanol–water partition coefficient (Wildman–Crippen LogP) is 4.69. The molecule has 4 atom stereocenters. The topological polar surface area (TPSA) is 61.8 Å². The smallest absolute Gasteiger partial charge is 0.319 e. The fraction of sp³-hybridized carbons (Fsp3) is 0.826. The van der Waals surface area contributed by atoms with Gasteiger partial charge < -0.3 is 14.2 Å². The summed E-state index contributed by atoms with van der Waals surface area (Å²) in [5.41, 5.74) is -0.335. The van der Waals surface area contributed by atoms with Gasteiger partial charge in [0.2, 0.25) is 0 Å². The Morgan fingerprint density at radius 1 is 1.18 bits per heavy atom. The lowest BCUT2D eigenvalue weighted by Gasteiger charge is -2.58. The van der Waals surface area contributed by atoms with Crippen molar-refractivity contribution in [3.05, 3.63) is 11.6 Å². The van der Waals surface area contributed by atoms with Gasteiger partial charge in [0.15, 0.2) is 5.78 Å². The molecule has 5 heteroatoms. The summed E-state index contributed by atoms with van der Waals surface area (Å²) in [4.78, 5) is 26.4. The maximum absolute atomic E-state index is 13.8. The molecule has 0 bridgehead atoms. The van der Waals surface area contributed by atoms with Crippen molar-refractivity contribution in [1.82, 2.24) is 0 Å². The number of hydrogen-bond acceptors (Lipinski definition) is 5. The molecule has 2 rings (SSSR count). The molecule has 2 aliphatic rings. The van der Waals surface area contributed by atoms with E-state index >= 15 is 0 Å². The molecule has 5 nitrogen and oxygen atoms in total. The summed E-state index contributed by atoms with van der Waals surface area (Å²) in [6.07, 6.45) is 8.61. The lowest BCUT2D eigenvalue weighted by atomic mass is 9.45. The van der Waals surface area contributed by atoms with Crippen molar-refractivity contribution in [2.24, 2.45) is 22.2 Å². The van der Waals surface area contributed by atoms with Gasteiger partial charge in [-0.05, 0) is 70.6 Å². The van der Waals surface area contributed by atoms with E-state index in [4.69, 9.17) is 14.2 Å². The van der Waals surface area contributed by atoms with Gasteiger partial charge >= 0.3 is 5.97 Å². The second kappa shape index (κ2) is 9.08. The van der Waals surface area contributed by atoms with Crippen molar-refractivity contribution in [1.29, 1.82) is 0 Å². The number of methoxy groups -OCH3 is 2. The lowest BCUT2D eigenvalue weighted by molar-refractivity contribution is -0.185. The van der Waals surface area contributed by atoms with Gasteiger partial charge in [-0.3, -0.25) is 9.59 Å². The van der Waals surface area contributed by atoms with Crippen molar-refractivity contribution in [3.8, 4) is 0 Å². The van der Waals surface area contributed by atoms with Crippen LogP contribution in [0, 0.1) is 22.2 Å². The highest BCUT2D eigenvalue weighted by Crippen LogP contribution is 2.61. The van der Waals surface area contributed by atoms with Gasteiger partial charge in [0.05, 0.1) is 19.1 Å².